The number of hydrogen-bond acceptors (Lipinski definition) is 4. The molecule has 0 radical (unpaired) electrons. The maximum Gasteiger partial charge on any atom is 0.251 e. The summed E-state index contributed by atoms with van der Waals surface area (Å²) < 4.78 is 17.7. The van der Waals surface area contributed by atoms with E-state index in [-0.39, 0.29) is 24.1 Å². The zero-order valence-corrected chi connectivity index (χ0v) is 11.3. The lowest BCUT2D eigenvalue weighted by atomic mass is 10.2. The molecule has 110 valence electrons. The first kappa shape index (κ1) is 14.7. The minimum atomic E-state index is -0.515. The van der Waals surface area contributed by atoms with Crippen LogP contribution in [0.2, 0.25) is 0 Å². The minimum Gasteiger partial charge on any atom is -0.364 e. The molecule has 0 aliphatic heterocycles. The van der Waals surface area contributed by atoms with Gasteiger partial charge in [-0.25, -0.2) is 4.39 Å². The molecule has 2 amide bonds. The van der Waals surface area contributed by atoms with Crippen LogP contribution in [-0.2, 0) is 4.79 Å². The van der Waals surface area contributed by atoms with Crippen molar-refractivity contribution in [1.82, 2.24) is 15.8 Å². The lowest BCUT2D eigenvalue weighted by molar-refractivity contribution is -0.120. The van der Waals surface area contributed by atoms with Crippen molar-refractivity contribution in [2.24, 2.45) is 0 Å². The summed E-state index contributed by atoms with van der Waals surface area (Å²) in [7, 11) is 0. The summed E-state index contributed by atoms with van der Waals surface area (Å²) in [5.41, 5.74) is 0.743. The van der Waals surface area contributed by atoms with Crippen LogP contribution in [0.15, 0.2) is 41.1 Å². The molecule has 0 fully saturated rings. The topological polar surface area (TPSA) is 84.2 Å². The van der Waals surface area contributed by atoms with Crippen LogP contribution < -0.4 is 10.6 Å². The van der Waals surface area contributed by atoms with Gasteiger partial charge in [0, 0.05) is 11.6 Å². The Morgan fingerprint density at radius 2 is 2.19 bits per heavy atom. The molecule has 0 spiro atoms. The van der Waals surface area contributed by atoms with E-state index in [9.17, 15) is 14.0 Å². The first-order valence-electron chi connectivity index (χ1n) is 6.29. The predicted molar refractivity (Wildman–Crippen MR) is 71.8 cm³/mol. The van der Waals surface area contributed by atoms with Crippen LogP contribution in [-0.4, -0.2) is 23.5 Å². The lowest BCUT2D eigenvalue weighted by Gasteiger charge is -2.11. The molecule has 1 aromatic heterocycles. The van der Waals surface area contributed by atoms with E-state index in [1.54, 1.807) is 13.0 Å². The molecule has 2 rings (SSSR count). The number of carbonyl (C=O) groups is 2. The zero-order valence-electron chi connectivity index (χ0n) is 11.3. The number of benzene rings is 1. The highest BCUT2D eigenvalue weighted by Crippen LogP contribution is 2.08. The first-order valence-corrected chi connectivity index (χ1v) is 6.29. The van der Waals surface area contributed by atoms with Crippen molar-refractivity contribution >= 4 is 11.8 Å². The van der Waals surface area contributed by atoms with Crippen LogP contribution in [0.4, 0.5) is 4.39 Å². The summed E-state index contributed by atoms with van der Waals surface area (Å²) >= 11 is 0. The molecule has 21 heavy (non-hydrogen) atoms. The van der Waals surface area contributed by atoms with Gasteiger partial charge in [0.15, 0.2) is 0 Å². The molecule has 7 heteroatoms. The van der Waals surface area contributed by atoms with Crippen molar-refractivity contribution in [3.8, 4) is 0 Å². The van der Waals surface area contributed by atoms with Crippen LogP contribution in [0.25, 0.3) is 0 Å². The van der Waals surface area contributed by atoms with Gasteiger partial charge in [-0.3, -0.25) is 9.59 Å². The van der Waals surface area contributed by atoms with Gasteiger partial charge in [-0.2, -0.15) is 0 Å². The molecule has 2 aromatic rings. The number of hydrogen-bond donors (Lipinski definition) is 2. The van der Waals surface area contributed by atoms with E-state index >= 15 is 0 Å². The highest BCUT2D eigenvalue weighted by molar-refractivity contribution is 5.96. The number of nitrogens with zero attached hydrogens (tertiary/aromatic N) is 1. The molecule has 1 heterocycles. The van der Waals surface area contributed by atoms with Crippen molar-refractivity contribution in [1.29, 1.82) is 0 Å². The van der Waals surface area contributed by atoms with E-state index < -0.39 is 11.7 Å². The van der Waals surface area contributed by atoms with Crippen LogP contribution in [0.5, 0.6) is 0 Å². The standard InChI is InChI=1S/C14H14FN3O3/c1-9(12-5-6-21-18-12)17-13(19)8-16-14(20)10-3-2-4-11(15)7-10/h2-7,9H,8H2,1H3,(H,16,20)(H,17,19)/t9-/m1/s1. The fraction of sp³-hybridized carbons (Fsp3) is 0.214. The normalized spacial score (nSPS) is 11.7. The molecular formula is C14H14FN3O3. The monoisotopic (exact) mass is 291 g/mol. The third-order valence-corrected chi connectivity index (χ3v) is 2.78. The Balaban J connectivity index is 1.82. The Kier molecular flexibility index (Phi) is 4.65. The second kappa shape index (κ2) is 6.65. The van der Waals surface area contributed by atoms with Gasteiger partial charge in [-0.15, -0.1) is 0 Å². The van der Waals surface area contributed by atoms with Crippen molar-refractivity contribution < 1.29 is 18.5 Å². The average molecular weight is 291 g/mol. The molecule has 0 aliphatic rings. The van der Waals surface area contributed by atoms with Gasteiger partial charge in [-0.05, 0) is 25.1 Å². The number of nitrogens with one attached hydrogen (secondary N) is 2. The fourth-order valence-corrected chi connectivity index (χ4v) is 1.70. The Morgan fingerprint density at radius 1 is 1.38 bits per heavy atom. The average Bonchev–Trinajstić information content (AvgIpc) is 2.99. The molecule has 6 nitrogen and oxygen atoms in total. The molecule has 0 saturated heterocycles. The Morgan fingerprint density at radius 3 is 2.86 bits per heavy atom. The van der Waals surface area contributed by atoms with Crippen molar-refractivity contribution in [2.75, 3.05) is 6.54 Å². The quantitative estimate of drug-likeness (QED) is 0.872. The highest BCUT2D eigenvalue weighted by atomic mass is 19.1. The maximum absolute atomic E-state index is 13.0. The largest absolute Gasteiger partial charge is 0.364 e. The van der Waals surface area contributed by atoms with Crippen molar-refractivity contribution in [2.45, 2.75) is 13.0 Å². The summed E-state index contributed by atoms with van der Waals surface area (Å²) in [5, 5.41) is 8.77. The maximum atomic E-state index is 13.0. The van der Waals surface area contributed by atoms with Gasteiger partial charge in [0.2, 0.25) is 5.91 Å². The number of rotatable bonds is 5. The lowest BCUT2D eigenvalue weighted by Crippen LogP contribution is -2.38. The van der Waals surface area contributed by atoms with Crippen molar-refractivity contribution in [3.05, 3.63) is 53.7 Å². The fourth-order valence-electron chi connectivity index (χ4n) is 1.70. The Labute approximate surface area is 120 Å². The van der Waals surface area contributed by atoms with Gasteiger partial charge in [0.05, 0.1) is 12.6 Å². The molecule has 1 aromatic carbocycles. The van der Waals surface area contributed by atoms with Gasteiger partial charge in [0.1, 0.15) is 17.8 Å². The minimum absolute atomic E-state index is 0.160. The number of aromatic nitrogens is 1. The first-order chi connectivity index (χ1) is 10.1. The molecule has 0 aliphatic carbocycles. The van der Waals surface area contributed by atoms with Gasteiger partial charge in [0.25, 0.3) is 5.91 Å². The van der Waals surface area contributed by atoms with Crippen LogP contribution in [0.1, 0.15) is 29.0 Å². The molecular weight excluding hydrogens is 277 g/mol. The van der Waals surface area contributed by atoms with E-state index in [1.165, 1.54) is 24.5 Å². The summed E-state index contributed by atoms with van der Waals surface area (Å²) in [4.78, 5) is 23.4. The number of carbonyl (C=O) groups excluding carboxylic acids is 2. The summed E-state index contributed by atoms with van der Waals surface area (Å²) in [6, 6.07) is 6.54. The van der Waals surface area contributed by atoms with E-state index in [0.29, 0.717) is 5.69 Å². The number of halogens is 1. The van der Waals surface area contributed by atoms with Crippen molar-refractivity contribution in [3.63, 3.8) is 0 Å². The summed E-state index contributed by atoms with van der Waals surface area (Å²) in [5.74, 6) is -1.40. The zero-order chi connectivity index (χ0) is 15.2. The molecule has 2 N–H and O–H groups in total. The van der Waals surface area contributed by atoms with Gasteiger partial charge >= 0.3 is 0 Å². The number of amides is 2. The molecule has 0 bridgehead atoms. The third kappa shape index (κ3) is 4.13. The SMILES string of the molecule is C[C@@H](NC(=O)CNC(=O)c1cccc(F)c1)c1ccon1. The highest BCUT2D eigenvalue weighted by Gasteiger charge is 2.13. The van der Waals surface area contributed by atoms with E-state index in [0.717, 1.165) is 6.07 Å². The second-order valence-electron chi connectivity index (χ2n) is 4.41. The second-order valence-corrected chi connectivity index (χ2v) is 4.41. The van der Waals surface area contributed by atoms with E-state index in [1.807, 2.05) is 0 Å². The van der Waals surface area contributed by atoms with Crippen LogP contribution in [0, 0.1) is 5.82 Å². The van der Waals surface area contributed by atoms with E-state index in [4.69, 9.17) is 0 Å². The smallest absolute Gasteiger partial charge is 0.251 e. The van der Waals surface area contributed by atoms with Gasteiger partial charge < -0.3 is 15.2 Å². The molecule has 0 saturated carbocycles. The Hall–Kier alpha value is -2.70. The summed E-state index contributed by atoms with van der Waals surface area (Å²) in [6.07, 6.45) is 1.41. The van der Waals surface area contributed by atoms with E-state index in [2.05, 4.69) is 20.3 Å². The van der Waals surface area contributed by atoms with Gasteiger partial charge in [-0.1, -0.05) is 11.2 Å². The van der Waals surface area contributed by atoms with Crippen LogP contribution in [0.3, 0.4) is 0 Å². The molecule has 1 atom stereocenters. The molecule has 0 unspecified atom stereocenters. The summed E-state index contributed by atoms with van der Waals surface area (Å²) in [6.45, 7) is 1.53. The predicted octanol–water partition coefficient (Wildman–Crippen LogP) is 1.42. The van der Waals surface area contributed by atoms with Crippen LogP contribution >= 0.6 is 0 Å². The Bertz CT molecular complexity index is 628. The third-order valence-electron chi connectivity index (χ3n) is 2.78.